The van der Waals surface area contributed by atoms with E-state index < -0.39 is 0 Å². The Kier molecular flexibility index (Phi) is 4.77. The maximum Gasteiger partial charge on any atom is 0.134 e. The molecule has 0 fully saturated rings. The highest BCUT2D eigenvalue weighted by Crippen LogP contribution is 2.28. The van der Waals surface area contributed by atoms with E-state index in [1.54, 1.807) is 36.4 Å². The Morgan fingerprint density at radius 1 is 1.21 bits per heavy atom. The summed E-state index contributed by atoms with van der Waals surface area (Å²) in [5.41, 5.74) is 0.518. The summed E-state index contributed by atoms with van der Waals surface area (Å²) >= 11 is 5.90. The van der Waals surface area contributed by atoms with Crippen LogP contribution in [0.3, 0.4) is 0 Å². The summed E-state index contributed by atoms with van der Waals surface area (Å²) < 4.78 is 19.5. The van der Waals surface area contributed by atoms with Crippen molar-refractivity contribution in [2.75, 3.05) is 6.54 Å². The molecule has 0 unspecified atom stereocenters. The average molecular weight is 280 g/mol. The van der Waals surface area contributed by atoms with Crippen LogP contribution in [0.2, 0.25) is 5.02 Å². The molecule has 2 nitrogen and oxygen atoms in total. The third kappa shape index (κ3) is 3.69. The average Bonchev–Trinajstić information content (AvgIpc) is 2.38. The number of ether oxygens (including phenoxy) is 1. The van der Waals surface area contributed by atoms with Crippen LogP contribution in [-0.4, -0.2) is 6.54 Å². The van der Waals surface area contributed by atoms with Crippen molar-refractivity contribution in [2.45, 2.75) is 13.5 Å². The van der Waals surface area contributed by atoms with Gasteiger partial charge in [-0.3, -0.25) is 0 Å². The predicted octanol–water partition coefficient (Wildman–Crippen LogP) is 4.38. The Bertz CT molecular complexity index is 560. The van der Waals surface area contributed by atoms with Crippen molar-refractivity contribution in [3.05, 3.63) is 58.9 Å². The number of hydrogen-bond donors (Lipinski definition) is 1. The largest absolute Gasteiger partial charge is 0.457 e. The van der Waals surface area contributed by atoms with Crippen LogP contribution in [0.25, 0.3) is 0 Å². The summed E-state index contributed by atoms with van der Waals surface area (Å²) in [5, 5.41) is 3.68. The molecule has 0 bridgehead atoms. The lowest BCUT2D eigenvalue weighted by Crippen LogP contribution is -2.13. The second-order valence-electron chi connectivity index (χ2n) is 4.06. The molecule has 4 heteroatoms. The molecule has 2 rings (SSSR count). The van der Waals surface area contributed by atoms with Crippen LogP contribution < -0.4 is 10.1 Å². The zero-order valence-electron chi connectivity index (χ0n) is 10.6. The van der Waals surface area contributed by atoms with Gasteiger partial charge in [-0.15, -0.1) is 0 Å². The highest BCUT2D eigenvalue weighted by Gasteiger charge is 2.10. The number of benzene rings is 2. The molecule has 0 spiro atoms. The number of rotatable bonds is 5. The zero-order chi connectivity index (χ0) is 13.7. The quantitative estimate of drug-likeness (QED) is 0.877. The molecule has 0 aliphatic carbocycles. The first-order chi connectivity index (χ1) is 9.20. The Morgan fingerprint density at radius 2 is 2.00 bits per heavy atom. The lowest BCUT2D eigenvalue weighted by molar-refractivity contribution is 0.463. The van der Waals surface area contributed by atoms with Crippen molar-refractivity contribution >= 4 is 11.6 Å². The Balaban J connectivity index is 2.26. The van der Waals surface area contributed by atoms with Gasteiger partial charge in [0.15, 0.2) is 0 Å². The fourth-order valence-electron chi connectivity index (χ4n) is 1.71. The van der Waals surface area contributed by atoms with Crippen LogP contribution in [0, 0.1) is 5.82 Å². The molecular formula is C15H15ClFNO. The molecule has 1 N–H and O–H groups in total. The van der Waals surface area contributed by atoms with E-state index in [9.17, 15) is 4.39 Å². The third-order valence-electron chi connectivity index (χ3n) is 2.65. The van der Waals surface area contributed by atoms with E-state index >= 15 is 0 Å². The minimum Gasteiger partial charge on any atom is -0.457 e. The maximum absolute atomic E-state index is 13.8. The Hall–Kier alpha value is -1.58. The van der Waals surface area contributed by atoms with Crippen molar-refractivity contribution in [1.82, 2.24) is 5.32 Å². The smallest absolute Gasteiger partial charge is 0.134 e. The van der Waals surface area contributed by atoms with Crippen LogP contribution in [-0.2, 0) is 6.54 Å². The van der Waals surface area contributed by atoms with E-state index in [0.717, 1.165) is 6.54 Å². The van der Waals surface area contributed by atoms with Crippen molar-refractivity contribution in [3.63, 3.8) is 0 Å². The van der Waals surface area contributed by atoms with E-state index in [1.807, 2.05) is 6.92 Å². The van der Waals surface area contributed by atoms with Gasteiger partial charge in [0.05, 0.1) is 0 Å². The van der Waals surface area contributed by atoms with Gasteiger partial charge < -0.3 is 10.1 Å². The second kappa shape index (κ2) is 6.55. The molecule has 0 amide bonds. The first kappa shape index (κ1) is 13.8. The van der Waals surface area contributed by atoms with Gasteiger partial charge in [0.25, 0.3) is 0 Å². The predicted molar refractivity (Wildman–Crippen MR) is 75.3 cm³/mol. The van der Waals surface area contributed by atoms with Crippen molar-refractivity contribution in [2.24, 2.45) is 0 Å². The van der Waals surface area contributed by atoms with Gasteiger partial charge >= 0.3 is 0 Å². The molecule has 100 valence electrons. The fourth-order valence-corrected chi connectivity index (χ4v) is 1.89. The molecule has 2 aromatic rings. The molecule has 0 aromatic heterocycles. The normalized spacial score (nSPS) is 10.5. The maximum atomic E-state index is 13.8. The summed E-state index contributed by atoms with van der Waals surface area (Å²) in [6, 6.07) is 11.8. The van der Waals surface area contributed by atoms with Gasteiger partial charge in [0.2, 0.25) is 0 Å². The second-order valence-corrected chi connectivity index (χ2v) is 4.49. The van der Waals surface area contributed by atoms with Crippen LogP contribution in [0.1, 0.15) is 12.5 Å². The van der Waals surface area contributed by atoms with Crippen molar-refractivity contribution in [3.8, 4) is 11.5 Å². The monoisotopic (exact) mass is 279 g/mol. The highest BCUT2D eigenvalue weighted by molar-refractivity contribution is 6.30. The summed E-state index contributed by atoms with van der Waals surface area (Å²) in [6.07, 6.45) is 0. The number of hydrogen-bond acceptors (Lipinski definition) is 2. The molecular weight excluding hydrogens is 265 g/mol. The lowest BCUT2D eigenvalue weighted by atomic mass is 10.2. The van der Waals surface area contributed by atoms with Crippen LogP contribution >= 0.6 is 11.6 Å². The molecule has 0 radical (unpaired) electrons. The van der Waals surface area contributed by atoms with Gasteiger partial charge in [-0.2, -0.15) is 0 Å². The van der Waals surface area contributed by atoms with E-state index in [2.05, 4.69) is 5.32 Å². The van der Waals surface area contributed by atoms with E-state index in [-0.39, 0.29) is 5.82 Å². The zero-order valence-corrected chi connectivity index (χ0v) is 11.4. The van der Waals surface area contributed by atoms with Gasteiger partial charge in [-0.05, 0) is 36.9 Å². The SMILES string of the molecule is CCNCc1c(F)cccc1Oc1cccc(Cl)c1. The van der Waals surface area contributed by atoms with Gasteiger partial charge in [-0.25, -0.2) is 4.39 Å². The first-order valence-electron chi connectivity index (χ1n) is 6.12. The molecule has 0 saturated carbocycles. The van der Waals surface area contributed by atoms with Crippen LogP contribution in [0.4, 0.5) is 4.39 Å². The number of nitrogens with one attached hydrogen (secondary N) is 1. The summed E-state index contributed by atoms with van der Waals surface area (Å²) in [7, 11) is 0. The van der Waals surface area contributed by atoms with E-state index in [1.165, 1.54) is 6.07 Å². The van der Waals surface area contributed by atoms with Crippen LogP contribution in [0.15, 0.2) is 42.5 Å². The molecule has 2 aromatic carbocycles. The Labute approximate surface area is 117 Å². The summed E-state index contributed by atoms with van der Waals surface area (Å²) in [4.78, 5) is 0. The molecule has 0 saturated heterocycles. The number of halogens is 2. The summed E-state index contributed by atoms with van der Waals surface area (Å²) in [5.74, 6) is 0.819. The molecule has 19 heavy (non-hydrogen) atoms. The standard InChI is InChI=1S/C15H15ClFNO/c1-2-18-10-13-14(17)7-4-8-15(13)19-12-6-3-5-11(16)9-12/h3-9,18H,2,10H2,1H3. The Morgan fingerprint density at radius 3 is 2.74 bits per heavy atom. The molecule has 0 atom stereocenters. The summed E-state index contributed by atoms with van der Waals surface area (Å²) in [6.45, 7) is 3.17. The molecule has 0 aliphatic rings. The van der Waals surface area contributed by atoms with E-state index in [4.69, 9.17) is 16.3 Å². The van der Waals surface area contributed by atoms with Gasteiger partial charge in [-0.1, -0.05) is 30.7 Å². The topological polar surface area (TPSA) is 21.3 Å². The molecule has 0 heterocycles. The van der Waals surface area contributed by atoms with Crippen molar-refractivity contribution < 1.29 is 9.13 Å². The minimum absolute atomic E-state index is 0.277. The third-order valence-corrected chi connectivity index (χ3v) is 2.89. The fraction of sp³-hybridized carbons (Fsp3) is 0.200. The first-order valence-corrected chi connectivity index (χ1v) is 6.50. The van der Waals surface area contributed by atoms with Gasteiger partial charge in [0, 0.05) is 17.1 Å². The van der Waals surface area contributed by atoms with Crippen molar-refractivity contribution in [1.29, 1.82) is 0 Å². The van der Waals surface area contributed by atoms with Crippen LogP contribution in [0.5, 0.6) is 11.5 Å². The lowest BCUT2D eigenvalue weighted by Gasteiger charge is -2.12. The van der Waals surface area contributed by atoms with E-state index in [0.29, 0.717) is 28.6 Å². The molecule has 0 aliphatic heterocycles. The minimum atomic E-state index is -0.277. The highest BCUT2D eigenvalue weighted by atomic mass is 35.5. The van der Waals surface area contributed by atoms with Gasteiger partial charge in [0.1, 0.15) is 17.3 Å².